The quantitative estimate of drug-likeness (QED) is 0.228. The summed E-state index contributed by atoms with van der Waals surface area (Å²) < 4.78 is 5.99. The molecule has 2 nitrogen and oxygen atoms in total. The van der Waals surface area contributed by atoms with Crippen molar-refractivity contribution in [3.63, 3.8) is 0 Å². The normalized spacial score (nSPS) is 12.6. The molecular weight excluding hydrogens is 401 g/mol. The summed E-state index contributed by atoms with van der Waals surface area (Å²) in [5.41, 5.74) is 1.18. The molecule has 0 unspecified atom stereocenters. The molecule has 0 aliphatic heterocycles. The second-order valence-electron chi connectivity index (χ2n) is 8.02. The Labute approximate surface area is 154 Å². The van der Waals surface area contributed by atoms with Gasteiger partial charge in [0.05, 0.1) is 0 Å². The molecule has 0 N–H and O–H groups in total. The Bertz CT molecular complexity index is 428. The Hall–Kier alpha value is -0.0613. The van der Waals surface area contributed by atoms with Crippen molar-refractivity contribution >= 4 is 22.0 Å². The molecule has 1 aromatic carbocycles. The molecule has 0 amide bonds. The SMILES string of the molecule is CCC[CH2][Sn]([CH2]CCC)([CH2]CCC)[c]1ccc(C[N+](C)(C)[O-])cc1. The van der Waals surface area contributed by atoms with E-state index >= 15 is 0 Å². The monoisotopic (exact) mass is 441 g/mol. The zero-order chi connectivity index (χ0) is 18.1. The standard InChI is InChI=1S/C9H12NO.3C4H9.Sn/c1-10(2,11)8-9-6-4-3-5-7-9;3*1-3-4-2;/h4-7H,8H2,1-2H3;3*1,3-4H2,2H3;. The van der Waals surface area contributed by atoms with Crippen LogP contribution >= 0.6 is 0 Å². The molecule has 0 aliphatic rings. The molecule has 0 bridgehead atoms. The molecule has 1 rings (SSSR count). The van der Waals surface area contributed by atoms with E-state index in [4.69, 9.17) is 0 Å². The van der Waals surface area contributed by atoms with Gasteiger partial charge in [-0.1, -0.05) is 0 Å². The number of hydrogen-bond acceptors (Lipinski definition) is 1. The molecule has 0 saturated heterocycles. The van der Waals surface area contributed by atoms with Gasteiger partial charge in [0.25, 0.3) is 0 Å². The van der Waals surface area contributed by atoms with E-state index < -0.39 is 18.4 Å². The molecule has 3 heteroatoms. The van der Waals surface area contributed by atoms with Crippen LogP contribution in [0.25, 0.3) is 0 Å². The van der Waals surface area contributed by atoms with Gasteiger partial charge in [-0.05, 0) is 0 Å². The van der Waals surface area contributed by atoms with Gasteiger partial charge in [0.15, 0.2) is 0 Å². The molecule has 138 valence electrons. The van der Waals surface area contributed by atoms with Gasteiger partial charge in [0.2, 0.25) is 0 Å². The third kappa shape index (κ3) is 7.45. The van der Waals surface area contributed by atoms with Crippen molar-refractivity contribution in [2.24, 2.45) is 0 Å². The van der Waals surface area contributed by atoms with Crippen LogP contribution in [-0.2, 0) is 6.54 Å². The van der Waals surface area contributed by atoms with E-state index in [1.165, 1.54) is 57.4 Å². The van der Waals surface area contributed by atoms with Crippen LogP contribution in [0.1, 0.15) is 64.9 Å². The summed E-state index contributed by atoms with van der Waals surface area (Å²) in [4.78, 5) is 0. The molecule has 0 fully saturated rings. The molecule has 0 radical (unpaired) electrons. The number of benzene rings is 1. The summed E-state index contributed by atoms with van der Waals surface area (Å²) in [6, 6.07) is 9.29. The first-order chi connectivity index (χ1) is 11.4. The van der Waals surface area contributed by atoms with E-state index in [-0.39, 0.29) is 4.65 Å². The second-order valence-corrected chi connectivity index (χ2v) is 21.3. The number of hydroxylamine groups is 3. The first-order valence-electron chi connectivity index (χ1n) is 10.0. The van der Waals surface area contributed by atoms with Crippen molar-refractivity contribution in [1.82, 2.24) is 0 Å². The molecular formula is C21H39NOSn. The zero-order valence-corrected chi connectivity index (χ0v) is 19.6. The molecule has 0 aliphatic carbocycles. The van der Waals surface area contributed by atoms with Gasteiger partial charge in [-0.3, -0.25) is 0 Å². The second kappa shape index (κ2) is 10.8. The average Bonchev–Trinajstić information content (AvgIpc) is 2.54. The summed E-state index contributed by atoms with van der Waals surface area (Å²) >= 11 is -2.29. The van der Waals surface area contributed by atoms with Crippen molar-refractivity contribution in [3.05, 3.63) is 35.0 Å². The molecule has 1 aromatic rings. The zero-order valence-electron chi connectivity index (χ0n) is 16.7. The van der Waals surface area contributed by atoms with E-state index in [0.29, 0.717) is 6.54 Å². The number of hydrogen-bond donors (Lipinski definition) is 0. The van der Waals surface area contributed by atoms with Gasteiger partial charge in [0, 0.05) is 0 Å². The first kappa shape index (κ1) is 22.0. The number of nitrogens with zero attached hydrogens (tertiary/aromatic N) is 1. The third-order valence-corrected chi connectivity index (χ3v) is 20.8. The van der Waals surface area contributed by atoms with Crippen LogP contribution in [0, 0.1) is 5.21 Å². The molecule has 0 heterocycles. The first-order valence-corrected chi connectivity index (χ1v) is 17.5. The predicted molar refractivity (Wildman–Crippen MR) is 110 cm³/mol. The maximum absolute atomic E-state index is 11.9. The van der Waals surface area contributed by atoms with Crippen LogP contribution in [-0.4, -0.2) is 37.1 Å². The average molecular weight is 440 g/mol. The van der Waals surface area contributed by atoms with Crippen molar-refractivity contribution in [2.45, 2.75) is 79.2 Å². The van der Waals surface area contributed by atoms with Crippen LogP contribution < -0.4 is 3.58 Å². The summed E-state index contributed by atoms with van der Waals surface area (Å²) in [6.07, 6.45) is 8.14. The Balaban J connectivity index is 3.05. The van der Waals surface area contributed by atoms with Crippen LogP contribution in [0.15, 0.2) is 24.3 Å². The van der Waals surface area contributed by atoms with Crippen molar-refractivity contribution < 1.29 is 4.65 Å². The Morgan fingerprint density at radius 3 is 1.54 bits per heavy atom. The Morgan fingerprint density at radius 2 is 1.21 bits per heavy atom. The number of quaternary nitrogens is 1. The van der Waals surface area contributed by atoms with Gasteiger partial charge >= 0.3 is 155 Å². The number of unbranched alkanes of at least 4 members (excludes halogenated alkanes) is 3. The van der Waals surface area contributed by atoms with E-state index in [2.05, 4.69) is 45.0 Å². The fourth-order valence-corrected chi connectivity index (χ4v) is 19.7. The minimum atomic E-state index is -2.29. The van der Waals surface area contributed by atoms with E-state index in [1.54, 1.807) is 17.7 Å². The summed E-state index contributed by atoms with van der Waals surface area (Å²) in [5, 5.41) is 11.9. The van der Waals surface area contributed by atoms with Crippen LogP contribution in [0.5, 0.6) is 0 Å². The number of rotatable bonds is 12. The topological polar surface area (TPSA) is 23.1 Å². The van der Waals surface area contributed by atoms with Crippen LogP contribution in [0.2, 0.25) is 13.3 Å². The molecule has 24 heavy (non-hydrogen) atoms. The summed E-state index contributed by atoms with van der Waals surface area (Å²) in [5.74, 6) is 0. The third-order valence-electron chi connectivity index (χ3n) is 5.16. The molecule has 0 atom stereocenters. The van der Waals surface area contributed by atoms with Gasteiger partial charge in [0.1, 0.15) is 0 Å². The van der Waals surface area contributed by atoms with Gasteiger partial charge in [-0.2, -0.15) is 0 Å². The van der Waals surface area contributed by atoms with E-state index in [0.717, 1.165) is 0 Å². The minimum absolute atomic E-state index is 0.241. The Kier molecular flexibility index (Phi) is 9.91. The van der Waals surface area contributed by atoms with Crippen molar-refractivity contribution in [2.75, 3.05) is 14.1 Å². The fraction of sp³-hybridized carbons (Fsp3) is 0.714. The summed E-state index contributed by atoms with van der Waals surface area (Å²) in [6.45, 7) is 7.55. The molecule has 0 saturated carbocycles. The van der Waals surface area contributed by atoms with Gasteiger partial charge < -0.3 is 0 Å². The van der Waals surface area contributed by atoms with E-state index in [9.17, 15) is 5.21 Å². The van der Waals surface area contributed by atoms with Crippen molar-refractivity contribution in [1.29, 1.82) is 0 Å². The van der Waals surface area contributed by atoms with Crippen LogP contribution in [0.3, 0.4) is 0 Å². The summed E-state index contributed by atoms with van der Waals surface area (Å²) in [7, 11) is 3.45. The maximum atomic E-state index is 11.9. The van der Waals surface area contributed by atoms with Gasteiger partial charge in [-0.15, -0.1) is 0 Å². The fourth-order valence-electron chi connectivity index (χ4n) is 3.76. The van der Waals surface area contributed by atoms with Crippen LogP contribution in [0.4, 0.5) is 0 Å². The van der Waals surface area contributed by atoms with E-state index in [1.807, 2.05) is 0 Å². The predicted octanol–water partition coefficient (Wildman–Crippen LogP) is 5.82. The molecule has 0 aromatic heterocycles. The Morgan fingerprint density at radius 1 is 0.792 bits per heavy atom. The van der Waals surface area contributed by atoms with Crippen molar-refractivity contribution in [3.8, 4) is 0 Å². The van der Waals surface area contributed by atoms with Gasteiger partial charge in [-0.25, -0.2) is 0 Å². The molecule has 0 spiro atoms.